The Kier molecular flexibility index (Phi) is 5.58. The van der Waals surface area contributed by atoms with Crippen LogP contribution in [-0.4, -0.2) is 24.7 Å². The summed E-state index contributed by atoms with van der Waals surface area (Å²) < 4.78 is 5.21. The highest BCUT2D eigenvalue weighted by Crippen LogP contribution is 2.30. The molecule has 24 heavy (non-hydrogen) atoms. The second-order valence-electron chi connectivity index (χ2n) is 5.58. The van der Waals surface area contributed by atoms with Crippen molar-refractivity contribution in [2.45, 2.75) is 30.6 Å². The Balaban J connectivity index is 1.58. The SMILES string of the molecule is CSc1ccccc1NC(=O)COC(=O)c1csc2c1CCCC2. The zero-order valence-electron chi connectivity index (χ0n) is 13.5. The summed E-state index contributed by atoms with van der Waals surface area (Å²) in [4.78, 5) is 26.6. The monoisotopic (exact) mass is 361 g/mol. The molecule has 126 valence electrons. The third kappa shape index (κ3) is 3.82. The average Bonchev–Trinajstić information content (AvgIpc) is 3.04. The van der Waals surface area contributed by atoms with E-state index in [0.717, 1.165) is 35.4 Å². The van der Waals surface area contributed by atoms with E-state index in [4.69, 9.17) is 4.74 Å². The van der Waals surface area contributed by atoms with Crippen LogP contribution in [0.4, 0.5) is 5.69 Å². The maximum atomic E-state index is 12.3. The topological polar surface area (TPSA) is 55.4 Å². The molecule has 4 nitrogen and oxygen atoms in total. The number of esters is 1. The molecule has 1 aliphatic carbocycles. The molecule has 1 aliphatic rings. The van der Waals surface area contributed by atoms with Crippen LogP contribution in [0.25, 0.3) is 0 Å². The van der Waals surface area contributed by atoms with E-state index in [1.807, 2.05) is 35.9 Å². The first-order chi connectivity index (χ1) is 11.7. The number of thioether (sulfide) groups is 1. The number of hydrogen-bond donors (Lipinski definition) is 1. The zero-order chi connectivity index (χ0) is 16.9. The molecular weight excluding hydrogens is 342 g/mol. The van der Waals surface area contributed by atoms with E-state index in [0.29, 0.717) is 5.56 Å². The molecule has 6 heteroatoms. The second kappa shape index (κ2) is 7.85. The van der Waals surface area contributed by atoms with Crippen molar-refractivity contribution in [2.24, 2.45) is 0 Å². The Morgan fingerprint density at radius 1 is 1.25 bits per heavy atom. The highest BCUT2D eigenvalue weighted by atomic mass is 32.2. The fraction of sp³-hybridized carbons (Fsp3) is 0.333. The van der Waals surface area contributed by atoms with Gasteiger partial charge < -0.3 is 10.1 Å². The molecule has 1 heterocycles. The lowest BCUT2D eigenvalue weighted by atomic mass is 9.96. The molecule has 0 radical (unpaired) electrons. The highest BCUT2D eigenvalue weighted by Gasteiger charge is 2.21. The van der Waals surface area contributed by atoms with Gasteiger partial charge in [0.1, 0.15) is 0 Å². The Labute approximate surface area is 149 Å². The van der Waals surface area contributed by atoms with Gasteiger partial charge in [0.15, 0.2) is 6.61 Å². The van der Waals surface area contributed by atoms with Crippen LogP contribution in [0.3, 0.4) is 0 Å². The van der Waals surface area contributed by atoms with E-state index in [-0.39, 0.29) is 12.5 Å². The van der Waals surface area contributed by atoms with Gasteiger partial charge in [-0.2, -0.15) is 0 Å². The van der Waals surface area contributed by atoms with Gasteiger partial charge in [-0.1, -0.05) is 12.1 Å². The molecule has 0 spiro atoms. The summed E-state index contributed by atoms with van der Waals surface area (Å²) in [6, 6.07) is 7.55. The molecule has 0 bridgehead atoms. The summed E-state index contributed by atoms with van der Waals surface area (Å²) in [6.45, 7) is -0.272. The van der Waals surface area contributed by atoms with Crippen molar-refractivity contribution in [1.29, 1.82) is 0 Å². The van der Waals surface area contributed by atoms with Crippen LogP contribution in [0, 0.1) is 0 Å². The number of benzene rings is 1. The quantitative estimate of drug-likeness (QED) is 0.642. The van der Waals surface area contributed by atoms with Gasteiger partial charge in [0.05, 0.1) is 11.3 Å². The number of hydrogen-bond acceptors (Lipinski definition) is 5. The summed E-state index contributed by atoms with van der Waals surface area (Å²) in [5.41, 5.74) is 2.48. The molecule has 1 aromatic heterocycles. The molecule has 0 fully saturated rings. The van der Waals surface area contributed by atoms with E-state index < -0.39 is 5.97 Å². The van der Waals surface area contributed by atoms with Gasteiger partial charge in [0.2, 0.25) is 0 Å². The van der Waals surface area contributed by atoms with Crippen LogP contribution < -0.4 is 5.32 Å². The lowest BCUT2D eigenvalue weighted by Crippen LogP contribution is -2.21. The molecular formula is C18H19NO3S2. The normalized spacial score (nSPS) is 13.2. The molecule has 0 saturated heterocycles. The van der Waals surface area contributed by atoms with Gasteiger partial charge >= 0.3 is 5.97 Å². The van der Waals surface area contributed by atoms with Crippen LogP contribution in [0.1, 0.15) is 33.6 Å². The number of fused-ring (bicyclic) bond motifs is 1. The summed E-state index contributed by atoms with van der Waals surface area (Å²) >= 11 is 3.17. The number of aryl methyl sites for hydroxylation is 1. The maximum absolute atomic E-state index is 12.3. The van der Waals surface area contributed by atoms with Crippen molar-refractivity contribution in [1.82, 2.24) is 0 Å². The van der Waals surface area contributed by atoms with E-state index in [1.54, 1.807) is 23.1 Å². The number of nitrogens with one attached hydrogen (secondary N) is 1. The first-order valence-electron chi connectivity index (χ1n) is 7.88. The van der Waals surface area contributed by atoms with Gasteiger partial charge in [0, 0.05) is 15.2 Å². The van der Waals surface area contributed by atoms with Crippen molar-refractivity contribution >= 4 is 40.7 Å². The molecule has 1 aromatic carbocycles. The smallest absolute Gasteiger partial charge is 0.339 e. The van der Waals surface area contributed by atoms with Crippen LogP contribution in [-0.2, 0) is 22.4 Å². The van der Waals surface area contributed by atoms with Crippen LogP contribution >= 0.6 is 23.1 Å². The fourth-order valence-electron chi connectivity index (χ4n) is 2.81. The van der Waals surface area contributed by atoms with Crippen molar-refractivity contribution in [3.63, 3.8) is 0 Å². The first-order valence-corrected chi connectivity index (χ1v) is 9.98. The Bertz CT molecular complexity index is 754. The minimum Gasteiger partial charge on any atom is -0.452 e. The number of para-hydroxylation sites is 1. The van der Waals surface area contributed by atoms with Gasteiger partial charge in [-0.25, -0.2) is 4.79 Å². The minimum atomic E-state index is -0.400. The third-order valence-corrected chi connectivity index (χ3v) is 5.88. The van der Waals surface area contributed by atoms with Crippen LogP contribution in [0.15, 0.2) is 34.5 Å². The number of carbonyl (C=O) groups is 2. The Morgan fingerprint density at radius 2 is 2.04 bits per heavy atom. The standard InChI is InChI=1S/C18H19NO3S2/c1-23-16-9-5-3-7-14(16)19-17(20)10-22-18(21)13-11-24-15-8-4-2-6-12(13)15/h3,5,7,9,11H,2,4,6,8,10H2,1H3,(H,19,20). The Morgan fingerprint density at radius 3 is 2.88 bits per heavy atom. The molecule has 1 amide bonds. The molecule has 0 aliphatic heterocycles. The number of rotatable bonds is 5. The van der Waals surface area contributed by atoms with E-state index >= 15 is 0 Å². The lowest BCUT2D eigenvalue weighted by Gasteiger charge is -2.12. The largest absolute Gasteiger partial charge is 0.452 e. The van der Waals surface area contributed by atoms with E-state index in [2.05, 4.69) is 5.32 Å². The van der Waals surface area contributed by atoms with Crippen molar-refractivity contribution in [3.8, 4) is 0 Å². The predicted molar refractivity (Wildman–Crippen MR) is 98.1 cm³/mol. The number of thiophene rings is 1. The fourth-order valence-corrected chi connectivity index (χ4v) is 4.48. The molecule has 0 saturated carbocycles. The Hall–Kier alpha value is -1.79. The van der Waals surface area contributed by atoms with Gasteiger partial charge in [-0.05, 0) is 49.6 Å². The summed E-state index contributed by atoms with van der Waals surface area (Å²) in [7, 11) is 0. The van der Waals surface area contributed by atoms with Crippen molar-refractivity contribution in [2.75, 3.05) is 18.2 Å². The van der Waals surface area contributed by atoms with E-state index in [9.17, 15) is 9.59 Å². The molecule has 3 rings (SSSR count). The number of ether oxygens (including phenoxy) is 1. The second-order valence-corrected chi connectivity index (χ2v) is 7.40. The van der Waals surface area contributed by atoms with Gasteiger partial charge in [-0.3, -0.25) is 4.79 Å². The summed E-state index contributed by atoms with van der Waals surface area (Å²) in [6.07, 6.45) is 6.20. The summed E-state index contributed by atoms with van der Waals surface area (Å²) in [5.74, 6) is -0.725. The first kappa shape index (κ1) is 17.0. The van der Waals surface area contributed by atoms with E-state index in [1.165, 1.54) is 11.3 Å². The average molecular weight is 361 g/mol. The number of anilines is 1. The molecule has 1 N–H and O–H groups in total. The lowest BCUT2D eigenvalue weighted by molar-refractivity contribution is -0.119. The maximum Gasteiger partial charge on any atom is 0.339 e. The number of carbonyl (C=O) groups excluding carboxylic acids is 2. The summed E-state index contributed by atoms with van der Waals surface area (Å²) in [5, 5.41) is 4.65. The third-order valence-electron chi connectivity index (χ3n) is 4.00. The predicted octanol–water partition coefficient (Wildman–Crippen LogP) is 4.14. The molecule has 2 aromatic rings. The van der Waals surface area contributed by atoms with Gasteiger partial charge in [0.25, 0.3) is 5.91 Å². The number of amides is 1. The molecule has 0 unspecified atom stereocenters. The van der Waals surface area contributed by atoms with Crippen molar-refractivity contribution < 1.29 is 14.3 Å². The van der Waals surface area contributed by atoms with Crippen molar-refractivity contribution in [3.05, 3.63) is 45.6 Å². The zero-order valence-corrected chi connectivity index (χ0v) is 15.1. The van der Waals surface area contributed by atoms with Crippen LogP contribution in [0.2, 0.25) is 0 Å². The molecule has 0 atom stereocenters. The van der Waals surface area contributed by atoms with Gasteiger partial charge in [-0.15, -0.1) is 23.1 Å². The highest BCUT2D eigenvalue weighted by molar-refractivity contribution is 7.98. The van der Waals surface area contributed by atoms with Crippen LogP contribution in [0.5, 0.6) is 0 Å². The minimum absolute atomic E-state index is 0.272.